The third-order valence-electron chi connectivity index (χ3n) is 8.75. The molecule has 2 amide bonds. The molecular weight excluding hydrogens is 498 g/mol. The molecule has 5 rings (SSSR count). The van der Waals surface area contributed by atoms with Crippen LogP contribution in [-0.4, -0.2) is 84.4 Å². The Kier molecular flexibility index (Phi) is 7.57. The van der Waals surface area contributed by atoms with Crippen molar-refractivity contribution < 1.29 is 29.0 Å². The number of hydrogen-bond donors (Lipinski definition) is 1. The molecule has 5 atom stereocenters. The highest BCUT2D eigenvalue weighted by Crippen LogP contribution is 2.58. The van der Waals surface area contributed by atoms with E-state index in [0.717, 1.165) is 24.5 Å². The molecule has 2 fully saturated rings. The molecule has 1 spiro atoms. The highest BCUT2D eigenvalue weighted by atomic mass is 16.6. The van der Waals surface area contributed by atoms with Crippen molar-refractivity contribution in [3.63, 3.8) is 0 Å². The van der Waals surface area contributed by atoms with Crippen LogP contribution in [0.4, 0.5) is 11.4 Å². The van der Waals surface area contributed by atoms with Crippen molar-refractivity contribution >= 4 is 29.2 Å². The van der Waals surface area contributed by atoms with Crippen molar-refractivity contribution in [2.45, 2.75) is 57.3 Å². The number of amides is 2. The van der Waals surface area contributed by atoms with Gasteiger partial charge >= 0.3 is 5.97 Å². The smallest absolute Gasteiger partial charge is 0.313 e. The molecule has 0 saturated carbocycles. The van der Waals surface area contributed by atoms with Crippen molar-refractivity contribution in [1.82, 2.24) is 4.90 Å². The normalized spacial score (nSPS) is 31.8. The minimum atomic E-state index is -1.33. The van der Waals surface area contributed by atoms with Gasteiger partial charge in [0.15, 0.2) is 0 Å². The highest BCUT2D eigenvalue weighted by Gasteiger charge is 2.75. The molecule has 2 saturated heterocycles. The van der Waals surface area contributed by atoms with E-state index in [1.165, 1.54) is 4.90 Å². The minimum Gasteiger partial charge on any atom is -0.465 e. The Morgan fingerprint density at radius 3 is 2.41 bits per heavy atom. The predicted molar refractivity (Wildman–Crippen MR) is 147 cm³/mol. The summed E-state index contributed by atoms with van der Waals surface area (Å²) in [5.41, 5.74) is -0.577. The average molecular weight is 538 g/mol. The summed E-state index contributed by atoms with van der Waals surface area (Å²) in [5.74, 6) is -2.81. The summed E-state index contributed by atoms with van der Waals surface area (Å²) in [6.07, 6.45) is 8.89. The molecule has 1 unspecified atom stereocenters. The largest absolute Gasteiger partial charge is 0.465 e. The fourth-order valence-corrected chi connectivity index (χ4v) is 6.87. The Labute approximate surface area is 230 Å². The first-order valence-electron chi connectivity index (χ1n) is 14.2. The molecule has 4 aliphatic heterocycles. The van der Waals surface area contributed by atoms with E-state index in [1.807, 2.05) is 55.5 Å². The number of aliphatic hydroxyl groups is 1. The number of carbonyl (C=O) groups excluding carboxylic acids is 3. The molecule has 0 aliphatic carbocycles. The number of aliphatic hydroxyl groups excluding tert-OH is 1. The van der Waals surface area contributed by atoms with Gasteiger partial charge in [0.2, 0.25) is 5.91 Å². The van der Waals surface area contributed by atoms with Gasteiger partial charge in [-0.15, -0.1) is 0 Å². The molecule has 1 N–H and O–H groups in total. The van der Waals surface area contributed by atoms with Gasteiger partial charge < -0.3 is 29.3 Å². The number of nitrogens with zero attached hydrogens (tertiary/aromatic N) is 3. The van der Waals surface area contributed by atoms with Gasteiger partial charge in [0.05, 0.1) is 12.5 Å². The van der Waals surface area contributed by atoms with Crippen LogP contribution in [0.25, 0.3) is 0 Å². The van der Waals surface area contributed by atoms with Crippen LogP contribution in [-0.2, 0) is 23.9 Å². The molecule has 1 aromatic carbocycles. The summed E-state index contributed by atoms with van der Waals surface area (Å²) < 4.78 is 12.4. The van der Waals surface area contributed by atoms with Gasteiger partial charge in [0.1, 0.15) is 23.2 Å². The van der Waals surface area contributed by atoms with Crippen molar-refractivity contribution in [2.24, 2.45) is 11.8 Å². The van der Waals surface area contributed by atoms with Crippen LogP contribution in [0.1, 0.15) is 40.0 Å². The number of likely N-dealkylation sites (tertiary alicyclic amines) is 1. The Bertz CT molecular complexity index is 1160. The number of carbonyl (C=O) groups is 3. The number of cyclic esters (lactones) is 1. The zero-order valence-corrected chi connectivity index (χ0v) is 23.0. The molecule has 0 radical (unpaired) electrons. The monoisotopic (exact) mass is 537 g/mol. The molecule has 39 heavy (non-hydrogen) atoms. The van der Waals surface area contributed by atoms with E-state index in [2.05, 4.69) is 18.7 Å². The number of fused-ring (bicyclic) bond motifs is 2. The second kappa shape index (κ2) is 10.8. The van der Waals surface area contributed by atoms with Crippen LogP contribution in [0.3, 0.4) is 0 Å². The van der Waals surface area contributed by atoms with Crippen LogP contribution in [0, 0.1) is 11.8 Å². The zero-order chi connectivity index (χ0) is 27.8. The van der Waals surface area contributed by atoms with E-state index in [0.29, 0.717) is 25.8 Å². The highest BCUT2D eigenvalue weighted by molar-refractivity contribution is 6.05. The second-order valence-electron chi connectivity index (χ2n) is 10.6. The Balaban J connectivity index is 1.58. The first kappa shape index (κ1) is 27.4. The molecule has 0 aromatic heterocycles. The maximum absolute atomic E-state index is 14.4. The van der Waals surface area contributed by atoms with Crippen LogP contribution in [0.15, 0.2) is 48.6 Å². The van der Waals surface area contributed by atoms with Gasteiger partial charge in [-0.3, -0.25) is 14.4 Å². The minimum absolute atomic E-state index is 0.122. The number of rotatable bonds is 8. The molecule has 9 nitrogen and oxygen atoms in total. The number of hydrogen-bond acceptors (Lipinski definition) is 7. The van der Waals surface area contributed by atoms with Crippen molar-refractivity contribution in [1.29, 1.82) is 0 Å². The molecular formula is C30H39N3O6. The van der Waals surface area contributed by atoms with Crippen LogP contribution >= 0.6 is 0 Å². The summed E-state index contributed by atoms with van der Waals surface area (Å²) in [6.45, 7) is 8.51. The lowest BCUT2D eigenvalue weighted by Gasteiger charge is -2.38. The fraction of sp³-hybridized carbons (Fsp3) is 0.567. The van der Waals surface area contributed by atoms with Crippen LogP contribution in [0.2, 0.25) is 0 Å². The third kappa shape index (κ3) is 4.26. The average Bonchev–Trinajstić information content (AvgIpc) is 3.28. The zero-order valence-electron chi connectivity index (χ0n) is 23.0. The van der Waals surface area contributed by atoms with Gasteiger partial charge in [-0.05, 0) is 57.4 Å². The van der Waals surface area contributed by atoms with Crippen molar-refractivity contribution in [2.75, 3.05) is 49.2 Å². The van der Waals surface area contributed by atoms with Gasteiger partial charge in [-0.25, -0.2) is 0 Å². The molecule has 4 heterocycles. The topological polar surface area (TPSA) is 99.6 Å². The van der Waals surface area contributed by atoms with E-state index in [9.17, 15) is 19.5 Å². The molecule has 9 heteroatoms. The molecule has 4 aliphatic rings. The summed E-state index contributed by atoms with van der Waals surface area (Å²) in [7, 11) is 0. The first-order valence-corrected chi connectivity index (χ1v) is 14.2. The predicted octanol–water partition coefficient (Wildman–Crippen LogP) is 2.68. The van der Waals surface area contributed by atoms with Gasteiger partial charge in [0.25, 0.3) is 5.91 Å². The standard InChI is InChI=1S/C30H39N3O6/c1-4-29-15-7-8-20-38-28(37)24(29)23-26(35)33(18-10-19-34)25-27(36)32(17-9-16-30(23,25)39-29)22-13-11-21(12-14-22)31(5-2)6-3/h7,9,11-16,23-25,34H,4-6,8,10,17-20H2,1-3H3/t23-,24-,25?,29+,30-/m0/s1. The molecule has 0 bridgehead atoms. The van der Waals surface area contributed by atoms with Gasteiger partial charge in [-0.1, -0.05) is 31.2 Å². The summed E-state index contributed by atoms with van der Waals surface area (Å²) >= 11 is 0. The van der Waals surface area contributed by atoms with E-state index >= 15 is 0 Å². The van der Waals surface area contributed by atoms with E-state index in [4.69, 9.17) is 9.47 Å². The number of anilines is 2. The lowest BCUT2D eigenvalue weighted by Crippen LogP contribution is -2.56. The Hall–Kier alpha value is -3.17. The van der Waals surface area contributed by atoms with E-state index in [1.54, 1.807) is 4.90 Å². The summed E-state index contributed by atoms with van der Waals surface area (Å²) in [4.78, 5) is 47.4. The molecule has 210 valence electrons. The first-order chi connectivity index (χ1) is 18.9. The lowest BCUT2D eigenvalue weighted by atomic mass is 9.73. The second-order valence-corrected chi connectivity index (χ2v) is 10.6. The summed E-state index contributed by atoms with van der Waals surface area (Å²) in [5, 5.41) is 9.58. The lowest BCUT2D eigenvalue weighted by molar-refractivity contribution is -0.160. The van der Waals surface area contributed by atoms with Crippen LogP contribution < -0.4 is 9.80 Å². The number of esters is 1. The van der Waals surface area contributed by atoms with Gasteiger partial charge in [-0.2, -0.15) is 0 Å². The van der Waals surface area contributed by atoms with Gasteiger partial charge in [0, 0.05) is 44.2 Å². The summed E-state index contributed by atoms with van der Waals surface area (Å²) in [6, 6.07) is 6.90. The van der Waals surface area contributed by atoms with E-state index in [-0.39, 0.29) is 31.6 Å². The maximum atomic E-state index is 14.4. The quantitative estimate of drug-likeness (QED) is 0.402. The Morgan fingerprint density at radius 1 is 1.00 bits per heavy atom. The van der Waals surface area contributed by atoms with Crippen molar-refractivity contribution in [3.8, 4) is 0 Å². The van der Waals surface area contributed by atoms with Crippen molar-refractivity contribution in [3.05, 3.63) is 48.6 Å². The van der Waals surface area contributed by atoms with E-state index < -0.39 is 35.0 Å². The van der Waals surface area contributed by atoms with Crippen LogP contribution in [0.5, 0.6) is 0 Å². The SMILES string of the molecule is CCN(CC)c1ccc(N2CC=C[C@]34O[C@]5(CC)C=CCCOC(=O)[C@@H]5[C@H]3C(=O)N(CCCO)C4C2=O)cc1. The Morgan fingerprint density at radius 2 is 1.74 bits per heavy atom. The molecule has 1 aromatic rings. The number of ether oxygens (including phenoxy) is 2. The number of benzene rings is 1. The maximum Gasteiger partial charge on any atom is 0.313 e. The fourth-order valence-electron chi connectivity index (χ4n) is 6.87. The third-order valence-corrected chi connectivity index (χ3v) is 8.75.